The Morgan fingerprint density at radius 3 is 2.48 bits per heavy atom. The molecule has 154 valence electrons. The Labute approximate surface area is 185 Å². The Bertz CT molecular complexity index is 1240. The number of hydrogen-bond acceptors (Lipinski definition) is 4. The molecular formula is C25H22N4OS. The Balaban J connectivity index is 1.62. The van der Waals surface area contributed by atoms with Crippen LogP contribution in [0.15, 0.2) is 83.4 Å². The summed E-state index contributed by atoms with van der Waals surface area (Å²) in [5.74, 6) is -0.0705. The Morgan fingerprint density at radius 1 is 1.03 bits per heavy atom. The molecule has 0 aliphatic carbocycles. The second kappa shape index (κ2) is 7.96. The van der Waals surface area contributed by atoms with Crippen LogP contribution in [0.2, 0.25) is 0 Å². The van der Waals surface area contributed by atoms with Crippen molar-refractivity contribution >= 4 is 23.0 Å². The van der Waals surface area contributed by atoms with Crippen molar-refractivity contribution in [1.82, 2.24) is 14.8 Å². The first-order chi connectivity index (χ1) is 15.1. The maximum Gasteiger partial charge on any atom is 0.240 e. The summed E-state index contributed by atoms with van der Waals surface area (Å²) in [6.45, 7) is 3.64. The maximum absolute atomic E-state index is 12.5. The smallest absolute Gasteiger partial charge is 0.240 e. The van der Waals surface area contributed by atoms with Gasteiger partial charge in [-0.1, -0.05) is 54.1 Å². The fraction of sp³-hybridized carbons (Fsp3) is 0.160. The Kier molecular flexibility index (Phi) is 5.00. The van der Waals surface area contributed by atoms with Crippen LogP contribution in [0.4, 0.5) is 0 Å². The van der Waals surface area contributed by atoms with Crippen molar-refractivity contribution in [2.24, 2.45) is 5.10 Å². The van der Waals surface area contributed by atoms with Gasteiger partial charge in [0.15, 0.2) is 0 Å². The van der Waals surface area contributed by atoms with Crippen LogP contribution in [-0.4, -0.2) is 26.4 Å². The van der Waals surface area contributed by atoms with E-state index in [9.17, 15) is 4.79 Å². The number of carbonyl (C=O) groups is 1. The minimum Gasteiger partial charge on any atom is -0.273 e. The van der Waals surface area contributed by atoms with Gasteiger partial charge in [0.05, 0.1) is 28.0 Å². The summed E-state index contributed by atoms with van der Waals surface area (Å²) in [6.07, 6.45) is 2.71. The number of hydrogen-bond donors (Lipinski definition) is 0. The number of thiophene rings is 1. The van der Waals surface area contributed by atoms with Gasteiger partial charge >= 0.3 is 0 Å². The topological polar surface area (TPSA) is 50.5 Å². The molecule has 31 heavy (non-hydrogen) atoms. The van der Waals surface area contributed by atoms with E-state index in [1.165, 1.54) is 5.56 Å². The number of amides is 1. The van der Waals surface area contributed by atoms with Gasteiger partial charge < -0.3 is 0 Å². The van der Waals surface area contributed by atoms with Crippen LogP contribution in [0.25, 0.3) is 16.9 Å². The molecule has 1 aliphatic rings. The van der Waals surface area contributed by atoms with Crippen molar-refractivity contribution < 1.29 is 4.79 Å². The summed E-state index contributed by atoms with van der Waals surface area (Å²) in [7, 11) is 0. The molecule has 4 aromatic rings. The van der Waals surface area contributed by atoms with E-state index < -0.39 is 0 Å². The van der Waals surface area contributed by atoms with Crippen LogP contribution >= 0.6 is 11.3 Å². The minimum absolute atomic E-state index is 0.0705. The zero-order valence-corrected chi connectivity index (χ0v) is 18.2. The summed E-state index contributed by atoms with van der Waals surface area (Å²) in [6, 6.07) is 22.3. The highest BCUT2D eigenvalue weighted by Crippen LogP contribution is 2.38. The van der Waals surface area contributed by atoms with Crippen molar-refractivity contribution in [2.75, 3.05) is 0 Å². The molecular weight excluding hydrogens is 404 g/mol. The highest BCUT2D eigenvalue weighted by atomic mass is 32.1. The molecule has 0 saturated carbocycles. The number of carbonyl (C=O) groups excluding carboxylic acids is 1. The third-order valence-electron chi connectivity index (χ3n) is 5.49. The molecule has 5 rings (SSSR count). The summed E-state index contributed by atoms with van der Waals surface area (Å²) in [4.78, 5) is 13.6. The van der Waals surface area contributed by atoms with Gasteiger partial charge in [-0.25, -0.2) is 9.69 Å². The van der Waals surface area contributed by atoms with Gasteiger partial charge in [0.1, 0.15) is 0 Å². The monoisotopic (exact) mass is 426 g/mol. The van der Waals surface area contributed by atoms with Gasteiger partial charge in [0.2, 0.25) is 5.91 Å². The van der Waals surface area contributed by atoms with E-state index in [4.69, 9.17) is 10.2 Å². The maximum atomic E-state index is 12.5. The van der Waals surface area contributed by atoms with Crippen LogP contribution in [-0.2, 0) is 4.79 Å². The van der Waals surface area contributed by atoms with E-state index in [0.29, 0.717) is 6.42 Å². The quantitative estimate of drug-likeness (QED) is 0.426. The van der Waals surface area contributed by atoms with Crippen LogP contribution in [0, 0.1) is 6.92 Å². The fourth-order valence-electron chi connectivity index (χ4n) is 3.91. The molecule has 1 aliphatic heterocycles. The third kappa shape index (κ3) is 3.70. The van der Waals surface area contributed by atoms with Crippen LogP contribution in [0.5, 0.6) is 0 Å². The average molecular weight is 427 g/mol. The molecule has 0 spiro atoms. The summed E-state index contributed by atoms with van der Waals surface area (Å²) < 4.78 is 1.89. The highest BCUT2D eigenvalue weighted by Gasteiger charge is 2.35. The molecule has 2 aromatic carbocycles. The van der Waals surface area contributed by atoms with E-state index in [1.807, 2.05) is 52.7 Å². The van der Waals surface area contributed by atoms with Gasteiger partial charge in [0, 0.05) is 30.7 Å². The Morgan fingerprint density at radius 2 is 1.81 bits per heavy atom. The summed E-state index contributed by atoms with van der Waals surface area (Å²) >= 11 is 1.65. The summed E-state index contributed by atoms with van der Waals surface area (Å²) in [5.41, 5.74) is 6.03. The van der Waals surface area contributed by atoms with Crippen LogP contribution < -0.4 is 0 Å². The number of aryl methyl sites for hydroxylation is 1. The van der Waals surface area contributed by atoms with Crippen LogP contribution in [0.3, 0.4) is 0 Å². The lowest BCUT2D eigenvalue weighted by Gasteiger charge is -2.20. The van der Waals surface area contributed by atoms with Crippen molar-refractivity contribution in [1.29, 1.82) is 0 Å². The van der Waals surface area contributed by atoms with Gasteiger partial charge in [-0.3, -0.25) is 4.79 Å². The number of nitrogens with zero attached hydrogens (tertiary/aromatic N) is 4. The van der Waals surface area contributed by atoms with E-state index in [2.05, 4.69) is 37.3 Å². The van der Waals surface area contributed by atoms with Crippen LogP contribution in [0.1, 0.15) is 35.4 Å². The number of aromatic nitrogens is 2. The number of rotatable bonds is 4. The van der Waals surface area contributed by atoms with Gasteiger partial charge in [-0.2, -0.15) is 10.2 Å². The molecule has 1 atom stereocenters. The molecule has 0 N–H and O–H groups in total. The number of benzene rings is 2. The SMILES string of the molecule is CC(=O)N1N=C(c2cccs2)C[C@H]1c1cn(-c2ccccc2)nc1-c1ccc(C)cc1. The normalized spacial score (nSPS) is 15.9. The van der Waals surface area contributed by atoms with Crippen molar-refractivity contribution in [3.05, 3.63) is 94.3 Å². The van der Waals surface area contributed by atoms with E-state index in [1.54, 1.807) is 23.3 Å². The fourth-order valence-corrected chi connectivity index (χ4v) is 4.64. The lowest BCUT2D eigenvalue weighted by molar-refractivity contribution is -0.130. The van der Waals surface area contributed by atoms with E-state index in [0.717, 1.165) is 33.1 Å². The first kappa shape index (κ1) is 19.5. The Hall–Kier alpha value is -3.51. The predicted molar refractivity (Wildman–Crippen MR) is 124 cm³/mol. The molecule has 0 saturated heterocycles. The largest absolute Gasteiger partial charge is 0.273 e. The number of hydrazone groups is 1. The van der Waals surface area contributed by atoms with Crippen molar-refractivity contribution in [3.63, 3.8) is 0 Å². The van der Waals surface area contributed by atoms with Gasteiger partial charge in [-0.05, 0) is 30.5 Å². The van der Waals surface area contributed by atoms with Crippen molar-refractivity contribution in [2.45, 2.75) is 26.3 Å². The van der Waals surface area contributed by atoms with Gasteiger partial charge in [-0.15, -0.1) is 11.3 Å². The van der Waals surface area contributed by atoms with E-state index in [-0.39, 0.29) is 11.9 Å². The molecule has 0 bridgehead atoms. The lowest BCUT2D eigenvalue weighted by atomic mass is 9.98. The second-order valence-corrected chi connectivity index (χ2v) is 8.63. The zero-order valence-electron chi connectivity index (χ0n) is 17.4. The highest BCUT2D eigenvalue weighted by molar-refractivity contribution is 7.12. The molecule has 6 heteroatoms. The molecule has 3 heterocycles. The molecule has 0 unspecified atom stereocenters. The molecule has 1 amide bonds. The number of para-hydroxylation sites is 1. The summed E-state index contributed by atoms with van der Waals surface area (Å²) in [5, 5.41) is 13.3. The predicted octanol–water partition coefficient (Wildman–Crippen LogP) is 5.61. The second-order valence-electron chi connectivity index (χ2n) is 7.69. The minimum atomic E-state index is -0.191. The first-order valence-electron chi connectivity index (χ1n) is 10.2. The first-order valence-corrected chi connectivity index (χ1v) is 11.1. The lowest BCUT2D eigenvalue weighted by Crippen LogP contribution is -2.24. The molecule has 5 nitrogen and oxygen atoms in total. The van der Waals surface area contributed by atoms with Crippen molar-refractivity contribution in [3.8, 4) is 16.9 Å². The van der Waals surface area contributed by atoms with Gasteiger partial charge in [0.25, 0.3) is 0 Å². The zero-order chi connectivity index (χ0) is 21.4. The van der Waals surface area contributed by atoms with E-state index >= 15 is 0 Å². The molecule has 0 fully saturated rings. The molecule has 2 aromatic heterocycles. The third-order valence-corrected chi connectivity index (χ3v) is 6.40. The standard InChI is InChI=1S/C25H22N4OS/c1-17-10-12-19(13-11-17)25-21(16-28(27-25)20-7-4-3-5-8-20)23-15-22(24-9-6-14-31-24)26-29(23)18(2)30/h3-14,16,23H,15H2,1-2H3/t23-/m0/s1. The average Bonchev–Trinajstić information content (AvgIpc) is 3.53. The molecule has 0 radical (unpaired) electrons.